The van der Waals surface area contributed by atoms with Gasteiger partial charge in [-0.3, -0.25) is 0 Å². The Labute approximate surface area is 160 Å². The lowest BCUT2D eigenvalue weighted by molar-refractivity contribution is -0.184. The zero-order valence-electron chi connectivity index (χ0n) is 15.4. The number of carbonyl (C=O) groups is 2. The molecular weight excluding hydrogens is 366 g/mol. The third-order valence-electron chi connectivity index (χ3n) is 4.34. The van der Waals surface area contributed by atoms with Crippen LogP contribution in [0.25, 0.3) is 10.9 Å². The van der Waals surface area contributed by atoms with Crippen molar-refractivity contribution in [2.24, 2.45) is 0 Å². The molecule has 0 spiro atoms. The molecule has 0 amide bonds. The Balaban J connectivity index is 1.83. The molecule has 1 aromatic heterocycles. The van der Waals surface area contributed by atoms with Crippen LogP contribution < -0.4 is 0 Å². The minimum Gasteiger partial charge on any atom is -0.475 e. The number of aromatic nitrogens is 1. The molecule has 0 fully saturated rings. The number of hydrogen-bond donors (Lipinski definition) is 4. The van der Waals surface area contributed by atoms with E-state index in [2.05, 4.69) is 11.1 Å². The van der Waals surface area contributed by atoms with E-state index in [4.69, 9.17) is 14.6 Å². The van der Waals surface area contributed by atoms with Gasteiger partial charge < -0.3 is 29.8 Å². The van der Waals surface area contributed by atoms with Gasteiger partial charge in [-0.1, -0.05) is 17.7 Å². The molecular formula is C20H21NO7. The number of aliphatic hydroxyl groups excluding tert-OH is 2. The fourth-order valence-corrected chi connectivity index (χ4v) is 2.82. The number of rotatable bonds is 5. The number of fused-ring (bicyclic) bond motifs is 1. The predicted octanol–water partition coefficient (Wildman–Crippen LogP) is 1.88. The van der Waals surface area contributed by atoms with Crippen molar-refractivity contribution in [1.29, 1.82) is 0 Å². The van der Waals surface area contributed by atoms with E-state index in [0.717, 1.165) is 17.2 Å². The topological polar surface area (TPSA) is 129 Å². The third kappa shape index (κ3) is 4.08. The molecule has 4 N–H and O–H groups in total. The number of benzene rings is 1. The van der Waals surface area contributed by atoms with Gasteiger partial charge in [0, 0.05) is 17.1 Å². The third-order valence-corrected chi connectivity index (χ3v) is 4.34. The van der Waals surface area contributed by atoms with Crippen molar-refractivity contribution in [3.05, 3.63) is 59.0 Å². The molecule has 148 valence electrons. The van der Waals surface area contributed by atoms with Crippen molar-refractivity contribution in [3.8, 4) is 0 Å². The molecule has 0 saturated heterocycles. The molecule has 0 unspecified atom stereocenters. The molecule has 8 heteroatoms. The first-order chi connectivity index (χ1) is 13.3. The number of aliphatic carboxylic acids is 1. The van der Waals surface area contributed by atoms with Crippen LogP contribution in [0.4, 0.5) is 0 Å². The average Bonchev–Trinajstić information content (AvgIpc) is 3.06. The molecule has 0 radical (unpaired) electrons. The summed E-state index contributed by atoms with van der Waals surface area (Å²) < 4.78 is 10.1. The van der Waals surface area contributed by atoms with E-state index in [9.17, 15) is 19.8 Å². The smallest absolute Gasteiger partial charge is 0.371 e. The quantitative estimate of drug-likeness (QED) is 0.455. The van der Waals surface area contributed by atoms with Gasteiger partial charge >= 0.3 is 11.9 Å². The zero-order chi connectivity index (χ0) is 20.4. The SMILES string of the molecule is CC(C)=CCc1ccc2[nH]cc(C(=O)O[C@@H]3OC(C(=O)O)=C[C@H](O)[C@H]3O)c2c1. The van der Waals surface area contributed by atoms with E-state index >= 15 is 0 Å². The van der Waals surface area contributed by atoms with E-state index in [1.165, 1.54) is 11.8 Å². The minimum atomic E-state index is -1.64. The Bertz CT molecular complexity index is 968. The molecule has 0 aliphatic carbocycles. The highest BCUT2D eigenvalue weighted by atomic mass is 16.7. The maximum absolute atomic E-state index is 12.6. The molecule has 2 aromatic rings. The van der Waals surface area contributed by atoms with Crippen LogP contribution in [-0.2, 0) is 20.7 Å². The first kappa shape index (κ1) is 19.7. The maximum atomic E-state index is 12.6. The summed E-state index contributed by atoms with van der Waals surface area (Å²) in [6, 6.07) is 5.65. The number of carbonyl (C=O) groups excluding carboxylic acids is 1. The average molecular weight is 387 g/mol. The summed E-state index contributed by atoms with van der Waals surface area (Å²) >= 11 is 0. The number of esters is 1. The summed E-state index contributed by atoms with van der Waals surface area (Å²) in [5, 5.41) is 29.3. The number of nitrogens with one attached hydrogen (secondary N) is 1. The van der Waals surface area contributed by atoms with Crippen LogP contribution in [0.5, 0.6) is 0 Å². The Morgan fingerprint density at radius 3 is 2.71 bits per heavy atom. The summed E-state index contributed by atoms with van der Waals surface area (Å²) in [4.78, 5) is 26.6. The van der Waals surface area contributed by atoms with Gasteiger partial charge in [0.15, 0.2) is 6.10 Å². The molecule has 2 heterocycles. The van der Waals surface area contributed by atoms with Crippen LogP contribution in [0.1, 0.15) is 29.8 Å². The number of H-pyrrole nitrogens is 1. The second-order valence-electron chi connectivity index (χ2n) is 6.78. The molecule has 8 nitrogen and oxygen atoms in total. The van der Waals surface area contributed by atoms with Crippen molar-refractivity contribution >= 4 is 22.8 Å². The number of ether oxygens (including phenoxy) is 2. The number of carboxylic acid groups (broad SMARTS) is 1. The fourth-order valence-electron chi connectivity index (χ4n) is 2.82. The zero-order valence-corrected chi connectivity index (χ0v) is 15.4. The van der Waals surface area contributed by atoms with Crippen molar-refractivity contribution in [3.63, 3.8) is 0 Å². The molecule has 1 aliphatic heterocycles. The molecule has 0 bridgehead atoms. The van der Waals surface area contributed by atoms with Gasteiger partial charge in [-0.2, -0.15) is 0 Å². The molecule has 3 atom stereocenters. The fraction of sp³-hybridized carbons (Fsp3) is 0.300. The van der Waals surface area contributed by atoms with Gasteiger partial charge in [-0.05, 0) is 44.0 Å². The number of hydrogen-bond acceptors (Lipinski definition) is 6. The molecule has 28 heavy (non-hydrogen) atoms. The maximum Gasteiger partial charge on any atom is 0.371 e. The van der Waals surface area contributed by atoms with Crippen molar-refractivity contribution in [1.82, 2.24) is 4.98 Å². The van der Waals surface area contributed by atoms with Gasteiger partial charge in [0.2, 0.25) is 5.76 Å². The van der Waals surface area contributed by atoms with Crippen LogP contribution in [0.2, 0.25) is 0 Å². The van der Waals surface area contributed by atoms with E-state index in [1.54, 1.807) is 0 Å². The second kappa shape index (κ2) is 7.87. The highest BCUT2D eigenvalue weighted by Gasteiger charge is 2.37. The first-order valence-electron chi connectivity index (χ1n) is 8.68. The van der Waals surface area contributed by atoms with Gasteiger partial charge in [-0.15, -0.1) is 0 Å². The summed E-state index contributed by atoms with van der Waals surface area (Å²) in [7, 11) is 0. The summed E-state index contributed by atoms with van der Waals surface area (Å²) in [5.74, 6) is -2.85. The highest BCUT2D eigenvalue weighted by molar-refractivity contribution is 6.04. The van der Waals surface area contributed by atoms with Crippen LogP contribution in [0.15, 0.2) is 47.9 Å². The standard InChI is InChI=1S/C20H21NO7/c1-10(2)3-4-11-5-6-14-12(7-11)13(9-21-14)19(26)28-20-17(23)15(22)8-16(27-20)18(24)25/h3,5-9,15,17,20-23H,4H2,1-2H3,(H,24,25)/t15-,17+,20-/m0/s1. The summed E-state index contributed by atoms with van der Waals surface area (Å²) in [6.45, 7) is 4.00. The Morgan fingerprint density at radius 1 is 1.29 bits per heavy atom. The molecule has 0 saturated carbocycles. The lowest BCUT2D eigenvalue weighted by atomic mass is 10.1. The van der Waals surface area contributed by atoms with E-state index in [1.807, 2.05) is 32.0 Å². The number of carboxylic acids is 1. The lowest BCUT2D eigenvalue weighted by Gasteiger charge is -2.29. The number of allylic oxidation sites excluding steroid dienone is 2. The summed E-state index contributed by atoms with van der Waals surface area (Å²) in [6.07, 6.45) is 0.315. The van der Waals surface area contributed by atoms with Crippen molar-refractivity contribution in [2.75, 3.05) is 0 Å². The van der Waals surface area contributed by atoms with Crippen molar-refractivity contribution < 1.29 is 34.4 Å². The van der Waals surface area contributed by atoms with E-state index < -0.39 is 36.2 Å². The van der Waals surface area contributed by atoms with Gasteiger partial charge in [-0.25, -0.2) is 9.59 Å². The Morgan fingerprint density at radius 2 is 2.04 bits per heavy atom. The predicted molar refractivity (Wildman–Crippen MR) is 99.5 cm³/mol. The number of aromatic amines is 1. The van der Waals surface area contributed by atoms with Crippen molar-refractivity contribution in [2.45, 2.75) is 38.8 Å². The van der Waals surface area contributed by atoms with E-state index in [-0.39, 0.29) is 5.56 Å². The highest BCUT2D eigenvalue weighted by Crippen LogP contribution is 2.25. The van der Waals surface area contributed by atoms with Gasteiger partial charge in [0.1, 0.15) is 6.10 Å². The van der Waals surface area contributed by atoms with Crippen LogP contribution >= 0.6 is 0 Å². The van der Waals surface area contributed by atoms with Crippen LogP contribution in [0.3, 0.4) is 0 Å². The van der Waals surface area contributed by atoms with Gasteiger partial charge in [0.25, 0.3) is 6.29 Å². The first-order valence-corrected chi connectivity index (χ1v) is 8.68. The summed E-state index contributed by atoms with van der Waals surface area (Å²) in [5.41, 5.74) is 3.12. The Kier molecular flexibility index (Phi) is 5.53. The largest absolute Gasteiger partial charge is 0.475 e. The molecule has 3 rings (SSSR count). The van der Waals surface area contributed by atoms with Crippen LogP contribution in [-0.4, -0.2) is 50.7 Å². The van der Waals surface area contributed by atoms with Gasteiger partial charge in [0.05, 0.1) is 5.56 Å². The normalized spacial score (nSPS) is 21.6. The lowest BCUT2D eigenvalue weighted by Crippen LogP contribution is -2.45. The number of aliphatic hydroxyl groups is 2. The second-order valence-corrected chi connectivity index (χ2v) is 6.78. The Hall–Kier alpha value is -3.10. The molecule has 1 aromatic carbocycles. The van der Waals surface area contributed by atoms with E-state index in [0.29, 0.717) is 11.8 Å². The minimum absolute atomic E-state index is 0.214. The molecule has 1 aliphatic rings. The van der Waals surface area contributed by atoms with Crippen LogP contribution in [0, 0.1) is 0 Å². The monoisotopic (exact) mass is 387 g/mol.